The first kappa shape index (κ1) is 14.0. The SMILES string of the molecule is Cc1cc(F)ccc1NC(C)c1ccc(Br)cc1F. The Bertz CT molecular complexity index is 599. The van der Waals surface area contributed by atoms with E-state index in [1.165, 1.54) is 18.2 Å². The van der Waals surface area contributed by atoms with E-state index in [2.05, 4.69) is 21.2 Å². The van der Waals surface area contributed by atoms with Gasteiger partial charge in [-0.1, -0.05) is 22.0 Å². The minimum absolute atomic E-state index is 0.197. The maximum absolute atomic E-state index is 13.8. The van der Waals surface area contributed by atoms with Crippen LogP contribution in [-0.2, 0) is 0 Å². The maximum Gasteiger partial charge on any atom is 0.129 e. The molecule has 2 rings (SSSR count). The zero-order valence-electron chi connectivity index (χ0n) is 10.7. The summed E-state index contributed by atoms with van der Waals surface area (Å²) in [5.74, 6) is -0.542. The zero-order chi connectivity index (χ0) is 14.0. The number of hydrogen-bond acceptors (Lipinski definition) is 1. The molecule has 0 saturated heterocycles. The van der Waals surface area contributed by atoms with Crippen molar-refractivity contribution in [2.45, 2.75) is 19.9 Å². The van der Waals surface area contributed by atoms with Crippen molar-refractivity contribution >= 4 is 21.6 Å². The molecule has 0 aliphatic carbocycles. The minimum Gasteiger partial charge on any atom is -0.378 e. The Kier molecular flexibility index (Phi) is 4.20. The van der Waals surface area contributed by atoms with Crippen LogP contribution in [0.3, 0.4) is 0 Å². The third-order valence-electron chi connectivity index (χ3n) is 2.99. The lowest BCUT2D eigenvalue weighted by Crippen LogP contribution is -2.09. The summed E-state index contributed by atoms with van der Waals surface area (Å²) >= 11 is 3.23. The van der Waals surface area contributed by atoms with Gasteiger partial charge in [0.05, 0.1) is 6.04 Å². The van der Waals surface area contributed by atoms with Crippen molar-refractivity contribution in [3.05, 3.63) is 63.6 Å². The van der Waals surface area contributed by atoms with Crippen molar-refractivity contribution < 1.29 is 8.78 Å². The van der Waals surface area contributed by atoms with Gasteiger partial charge in [-0.05, 0) is 49.7 Å². The molecule has 0 saturated carbocycles. The van der Waals surface area contributed by atoms with Gasteiger partial charge in [0.2, 0.25) is 0 Å². The molecule has 19 heavy (non-hydrogen) atoms. The molecule has 0 spiro atoms. The predicted octanol–water partition coefficient (Wildman–Crippen LogP) is 5.21. The average Bonchev–Trinajstić information content (AvgIpc) is 2.32. The average molecular weight is 326 g/mol. The second-order valence-corrected chi connectivity index (χ2v) is 5.41. The molecule has 0 aromatic heterocycles. The number of rotatable bonds is 3. The van der Waals surface area contributed by atoms with Crippen molar-refractivity contribution in [2.75, 3.05) is 5.32 Å². The number of anilines is 1. The van der Waals surface area contributed by atoms with E-state index in [0.29, 0.717) is 10.0 Å². The summed E-state index contributed by atoms with van der Waals surface area (Å²) in [4.78, 5) is 0. The molecule has 0 fully saturated rings. The molecule has 1 unspecified atom stereocenters. The Labute approximate surface area is 119 Å². The van der Waals surface area contributed by atoms with Crippen LogP contribution in [0.2, 0.25) is 0 Å². The molecule has 1 nitrogen and oxygen atoms in total. The van der Waals surface area contributed by atoms with Crippen LogP contribution in [-0.4, -0.2) is 0 Å². The monoisotopic (exact) mass is 325 g/mol. The number of hydrogen-bond donors (Lipinski definition) is 1. The number of halogens is 3. The van der Waals surface area contributed by atoms with Gasteiger partial charge < -0.3 is 5.32 Å². The van der Waals surface area contributed by atoms with Gasteiger partial charge >= 0.3 is 0 Å². The van der Waals surface area contributed by atoms with Crippen LogP contribution in [0.1, 0.15) is 24.1 Å². The van der Waals surface area contributed by atoms with Crippen LogP contribution in [0.5, 0.6) is 0 Å². The van der Waals surface area contributed by atoms with Gasteiger partial charge in [-0.2, -0.15) is 0 Å². The summed E-state index contributed by atoms with van der Waals surface area (Å²) in [6.45, 7) is 3.69. The maximum atomic E-state index is 13.8. The first-order valence-electron chi connectivity index (χ1n) is 5.95. The van der Waals surface area contributed by atoms with E-state index in [4.69, 9.17) is 0 Å². The normalized spacial score (nSPS) is 12.3. The smallest absolute Gasteiger partial charge is 0.129 e. The molecular formula is C15H14BrF2N. The molecule has 100 valence electrons. The minimum atomic E-state index is -0.273. The third kappa shape index (κ3) is 3.32. The fourth-order valence-electron chi connectivity index (χ4n) is 1.95. The molecule has 0 aliphatic heterocycles. The van der Waals surface area contributed by atoms with Crippen molar-refractivity contribution in [3.63, 3.8) is 0 Å². The quantitative estimate of drug-likeness (QED) is 0.816. The molecule has 0 bridgehead atoms. The van der Waals surface area contributed by atoms with Gasteiger partial charge in [-0.15, -0.1) is 0 Å². The van der Waals surface area contributed by atoms with E-state index >= 15 is 0 Å². The highest BCUT2D eigenvalue weighted by molar-refractivity contribution is 9.10. The third-order valence-corrected chi connectivity index (χ3v) is 3.48. The van der Waals surface area contributed by atoms with Gasteiger partial charge in [0.1, 0.15) is 11.6 Å². The first-order valence-corrected chi connectivity index (χ1v) is 6.74. The standard InChI is InChI=1S/C15H14BrF2N/c1-9-7-12(17)4-6-15(9)19-10(2)13-5-3-11(16)8-14(13)18/h3-8,10,19H,1-2H3. The topological polar surface area (TPSA) is 12.0 Å². The summed E-state index contributed by atoms with van der Waals surface area (Å²) in [7, 11) is 0. The molecule has 0 radical (unpaired) electrons. The summed E-state index contributed by atoms with van der Waals surface area (Å²) in [6, 6.07) is 9.28. The zero-order valence-corrected chi connectivity index (χ0v) is 12.3. The van der Waals surface area contributed by atoms with Gasteiger partial charge in [0.25, 0.3) is 0 Å². The number of aryl methyl sites for hydroxylation is 1. The lowest BCUT2D eigenvalue weighted by Gasteiger charge is -2.18. The van der Waals surface area contributed by atoms with Crippen LogP contribution in [0.4, 0.5) is 14.5 Å². The van der Waals surface area contributed by atoms with Crippen molar-refractivity contribution in [3.8, 4) is 0 Å². The van der Waals surface area contributed by atoms with Crippen molar-refractivity contribution in [1.82, 2.24) is 0 Å². The summed E-state index contributed by atoms with van der Waals surface area (Å²) in [5.41, 5.74) is 2.17. The van der Waals surface area contributed by atoms with Crippen LogP contribution >= 0.6 is 15.9 Å². The first-order chi connectivity index (χ1) is 8.97. The van der Waals surface area contributed by atoms with Crippen LogP contribution in [0.25, 0.3) is 0 Å². The molecular weight excluding hydrogens is 312 g/mol. The van der Waals surface area contributed by atoms with Gasteiger partial charge in [0.15, 0.2) is 0 Å². The lowest BCUT2D eigenvalue weighted by atomic mass is 10.1. The highest BCUT2D eigenvalue weighted by Crippen LogP contribution is 2.26. The molecule has 0 aliphatic rings. The largest absolute Gasteiger partial charge is 0.378 e. The molecule has 2 aromatic rings. The van der Waals surface area contributed by atoms with Gasteiger partial charge in [-0.3, -0.25) is 0 Å². The predicted molar refractivity (Wildman–Crippen MR) is 77.3 cm³/mol. The molecule has 1 N–H and O–H groups in total. The van der Waals surface area contributed by atoms with Crippen LogP contribution in [0.15, 0.2) is 40.9 Å². The number of nitrogens with one attached hydrogen (secondary N) is 1. The van der Waals surface area contributed by atoms with E-state index in [1.54, 1.807) is 18.2 Å². The molecule has 0 heterocycles. The summed E-state index contributed by atoms with van der Waals surface area (Å²) < 4.78 is 27.6. The van der Waals surface area contributed by atoms with E-state index < -0.39 is 0 Å². The summed E-state index contributed by atoms with van der Waals surface area (Å²) in [6.07, 6.45) is 0. The Balaban J connectivity index is 2.23. The van der Waals surface area contributed by atoms with E-state index in [0.717, 1.165) is 11.3 Å². The Morgan fingerprint density at radius 1 is 1.11 bits per heavy atom. The van der Waals surface area contributed by atoms with Crippen LogP contribution in [0, 0.1) is 18.6 Å². The highest BCUT2D eigenvalue weighted by atomic mass is 79.9. The lowest BCUT2D eigenvalue weighted by molar-refractivity contribution is 0.599. The molecule has 0 amide bonds. The van der Waals surface area contributed by atoms with Crippen molar-refractivity contribution in [2.24, 2.45) is 0 Å². The second-order valence-electron chi connectivity index (χ2n) is 4.49. The van der Waals surface area contributed by atoms with Gasteiger partial charge in [-0.25, -0.2) is 8.78 Å². The van der Waals surface area contributed by atoms with E-state index in [9.17, 15) is 8.78 Å². The summed E-state index contributed by atoms with van der Waals surface area (Å²) in [5, 5.41) is 3.19. The van der Waals surface area contributed by atoms with Crippen LogP contribution < -0.4 is 5.32 Å². The van der Waals surface area contributed by atoms with E-state index in [1.807, 2.05) is 13.8 Å². The van der Waals surface area contributed by atoms with Crippen molar-refractivity contribution in [1.29, 1.82) is 0 Å². The Morgan fingerprint density at radius 2 is 1.84 bits per heavy atom. The fraction of sp³-hybridized carbons (Fsp3) is 0.200. The second kappa shape index (κ2) is 5.70. The Hall–Kier alpha value is -1.42. The number of benzene rings is 2. The molecule has 1 atom stereocenters. The fourth-order valence-corrected chi connectivity index (χ4v) is 2.29. The molecule has 4 heteroatoms. The van der Waals surface area contributed by atoms with Gasteiger partial charge in [0, 0.05) is 15.7 Å². The highest BCUT2D eigenvalue weighted by Gasteiger charge is 2.12. The molecule has 2 aromatic carbocycles. The Morgan fingerprint density at radius 3 is 2.47 bits per heavy atom. The van der Waals surface area contributed by atoms with E-state index in [-0.39, 0.29) is 17.7 Å².